The second-order valence-electron chi connectivity index (χ2n) is 19.6. The zero-order valence-corrected chi connectivity index (χ0v) is 45.6. The van der Waals surface area contributed by atoms with Crippen molar-refractivity contribution in [1.29, 1.82) is 0 Å². The molecule has 0 bridgehead atoms. The molecule has 1 unspecified atom stereocenters. The minimum atomic E-state index is -0.795. The molecule has 0 fully saturated rings. The van der Waals surface area contributed by atoms with Gasteiger partial charge in [-0.1, -0.05) is 267 Å². The highest BCUT2D eigenvalue weighted by Gasteiger charge is 2.19. The van der Waals surface area contributed by atoms with Crippen LogP contribution in [0.5, 0.6) is 0 Å². The summed E-state index contributed by atoms with van der Waals surface area (Å²) in [4.78, 5) is 38.2. The van der Waals surface area contributed by atoms with Crippen molar-refractivity contribution in [3.05, 3.63) is 72.9 Å². The fraction of sp³-hybridized carbons (Fsp3) is 0.762. The lowest BCUT2D eigenvalue weighted by Gasteiger charge is -2.18. The van der Waals surface area contributed by atoms with Gasteiger partial charge in [-0.05, 0) is 77.0 Å². The molecule has 0 rings (SSSR count). The van der Waals surface area contributed by atoms with Crippen LogP contribution in [0.4, 0.5) is 0 Å². The highest BCUT2D eigenvalue weighted by molar-refractivity contribution is 5.71. The first-order chi connectivity index (χ1) is 34.0. The SMILES string of the molecule is CC/C=C\C/C=C\C/C=C\CCCCCCC(=O)OCC(COC(=O)CCCCCCCCCCCCCCCCCCCCC)OC(=O)CCCCCCC\C=C/C=C\C=C/CCCCCCC. The van der Waals surface area contributed by atoms with E-state index in [-0.39, 0.29) is 31.1 Å². The number of allylic oxidation sites excluding steroid dienone is 12. The quantitative estimate of drug-likeness (QED) is 0.0199. The molecule has 6 heteroatoms. The summed E-state index contributed by atoms with van der Waals surface area (Å²) >= 11 is 0. The van der Waals surface area contributed by atoms with Gasteiger partial charge in [0.2, 0.25) is 0 Å². The van der Waals surface area contributed by atoms with Gasteiger partial charge in [-0.2, -0.15) is 0 Å². The molecule has 0 aromatic rings. The predicted molar refractivity (Wildman–Crippen MR) is 298 cm³/mol. The van der Waals surface area contributed by atoms with E-state index in [4.69, 9.17) is 14.2 Å². The van der Waals surface area contributed by atoms with Crippen molar-refractivity contribution >= 4 is 17.9 Å². The Balaban J connectivity index is 4.41. The van der Waals surface area contributed by atoms with Gasteiger partial charge in [-0.25, -0.2) is 0 Å². The third kappa shape index (κ3) is 55.6. The minimum Gasteiger partial charge on any atom is -0.462 e. The standard InChI is InChI=1S/C63H110O6/c1-4-7-10-13-16-19-22-25-28-30-32-34-35-38-41-44-47-50-53-56-62(65)68-59-60(58-67-61(64)55-52-49-46-43-40-37-27-24-21-18-15-12-9-6-3)69-63(66)57-54-51-48-45-42-39-36-33-31-29-26-23-20-17-14-11-8-5-2/h9,12,18,21,23,26-27,29,31,33,36-37,60H,4-8,10-11,13-17,19-20,22,24-25,28,30,32,34-35,38-59H2,1-3H3/b12-9-,21-18-,26-23-,31-29-,36-33-,37-27-. The Hall–Kier alpha value is -3.15. The zero-order valence-electron chi connectivity index (χ0n) is 45.6. The first kappa shape index (κ1) is 65.8. The van der Waals surface area contributed by atoms with Crippen molar-refractivity contribution in [2.75, 3.05) is 13.2 Å². The van der Waals surface area contributed by atoms with Gasteiger partial charge in [0.1, 0.15) is 13.2 Å². The van der Waals surface area contributed by atoms with Crippen molar-refractivity contribution in [3.8, 4) is 0 Å². The highest BCUT2D eigenvalue weighted by Crippen LogP contribution is 2.16. The number of esters is 3. The van der Waals surface area contributed by atoms with Crippen LogP contribution in [-0.2, 0) is 28.6 Å². The zero-order chi connectivity index (χ0) is 50.0. The molecule has 0 aliphatic rings. The third-order valence-corrected chi connectivity index (χ3v) is 12.8. The molecule has 0 saturated heterocycles. The summed E-state index contributed by atoms with van der Waals surface area (Å²) < 4.78 is 16.9. The molecule has 398 valence electrons. The van der Waals surface area contributed by atoms with E-state index in [0.29, 0.717) is 19.3 Å². The molecule has 1 atom stereocenters. The van der Waals surface area contributed by atoms with Crippen LogP contribution in [0.3, 0.4) is 0 Å². The van der Waals surface area contributed by atoms with E-state index in [1.54, 1.807) is 0 Å². The lowest BCUT2D eigenvalue weighted by atomic mass is 10.0. The average molecular weight is 964 g/mol. The topological polar surface area (TPSA) is 78.9 Å². The first-order valence-corrected chi connectivity index (χ1v) is 29.5. The Morgan fingerprint density at radius 1 is 0.319 bits per heavy atom. The molecule has 0 amide bonds. The van der Waals surface area contributed by atoms with Crippen molar-refractivity contribution in [1.82, 2.24) is 0 Å². The molecule has 0 aliphatic heterocycles. The monoisotopic (exact) mass is 963 g/mol. The lowest BCUT2D eigenvalue weighted by molar-refractivity contribution is -0.167. The Morgan fingerprint density at radius 2 is 0.623 bits per heavy atom. The Kier molecular flexibility index (Phi) is 54.8. The molecule has 0 radical (unpaired) electrons. The van der Waals surface area contributed by atoms with Crippen molar-refractivity contribution in [2.45, 2.75) is 297 Å². The van der Waals surface area contributed by atoms with E-state index in [9.17, 15) is 14.4 Å². The van der Waals surface area contributed by atoms with Crippen LogP contribution in [0.2, 0.25) is 0 Å². The second kappa shape index (κ2) is 57.4. The first-order valence-electron chi connectivity index (χ1n) is 29.5. The number of hydrogen-bond acceptors (Lipinski definition) is 6. The molecule has 0 heterocycles. The molecular formula is C63H110O6. The maximum Gasteiger partial charge on any atom is 0.306 e. The van der Waals surface area contributed by atoms with E-state index in [1.807, 2.05) is 0 Å². The van der Waals surface area contributed by atoms with Crippen molar-refractivity contribution < 1.29 is 28.6 Å². The maximum absolute atomic E-state index is 12.9. The summed E-state index contributed by atoms with van der Waals surface area (Å²) in [5.74, 6) is -0.921. The fourth-order valence-electron chi connectivity index (χ4n) is 8.34. The number of carbonyl (C=O) groups excluding carboxylic acids is 3. The number of hydrogen-bond donors (Lipinski definition) is 0. The van der Waals surface area contributed by atoms with E-state index in [2.05, 4.69) is 93.7 Å². The Labute approximate surface area is 427 Å². The van der Waals surface area contributed by atoms with Crippen LogP contribution in [0.15, 0.2) is 72.9 Å². The van der Waals surface area contributed by atoms with Crippen LogP contribution in [0, 0.1) is 0 Å². The van der Waals surface area contributed by atoms with Crippen molar-refractivity contribution in [2.24, 2.45) is 0 Å². The summed E-state index contributed by atoms with van der Waals surface area (Å²) in [6.45, 7) is 6.50. The molecule has 0 spiro atoms. The number of rotatable bonds is 53. The summed E-state index contributed by atoms with van der Waals surface area (Å²) in [5.41, 5.74) is 0. The molecule has 6 nitrogen and oxygen atoms in total. The van der Waals surface area contributed by atoms with E-state index >= 15 is 0 Å². The number of unbranched alkanes of at least 4 members (excludes halogenated alkanes) is 32. The fourth-order valence-corrected chi connectivity index (χ4v) is 8.34. The van der Waals surface area contributed by atoms with E-state index in [0.717, 1.165) is 116 Å². The van der Waals surface area contributed by atoms with E-state index in [1.165, 1.54) is 135 Å². The molecular weight excluding hydrogens is 853 g/mol. The predicted octanol–water partition coefficient (Wildman–Crippen LogP) is 19.8. The van der Waals surface area contributed by atoms with Crippen LogP contribution < -0.4 is 0 Å². The molecule has 69 heavy (non-hydrogen) atoms. The molecule has 0 aliphatic carbocycles. The Bertz CT molecular complexity index is 1290. The van der Waals surface area contributed by atoms with Crippen LogP contribution in [0.1, 0.15) is 290 Å². The molecule has 0 aromatic heterocycles. The van der Waals surface area contributed by atoms with Gasteiger partial charge in [0.15, 0.2) is 6.10 Å². The summed E-state index contributed by atoms with van der Waals surface area (Å²) in [7, 11) is 0. The third-order valence-electron chi connectivity index (χ3n) is 12.8. The van der Waals surface area contributed by atoms with Gasteiger partial charge in [-0.15, -0.1) is 0 Å². The van der Waals surface area contributed by atoms with Gasteiger partial charge in [0.05, 0.1) is 0 Å². The summed E-state index contributed by atoms with van der Waals surface area (Å²) in [6.07, 6.45) is 73.2. The largest absolute Gasteiger partial charge is 0.462 e. The number of ether oxygens (including phenoxy) is 3. The van der Waals surface area contributed by atoms with Gasteiger partial charge >= 0.3 is 17.9 Å². The average Bonchev–Trinajstić information content (AvgIpc) is 3.35. The van der Waals surface area contributed by atoms with Crippen LogP contribution >= 0.6 is 0 Å². The Morgan fingerprint density at radius 3 is 1.00 bits per heavy atom. The summed E-state index contributed by atoms with van der Waals surface area (Å²) in [6, 6.07) is 0. The van der Waals surface area contributed by atoms with Gasteiger partial charge in [0.25, 0.3) is 0 Å². The smallest absolute Gasteiger partial charge is 0.306 e. The summed E-state index contributed by atoms with van der Waals surface area (Å²) in [5, 5.41) is 0. The number of carbonyl (C=O) groups is 3. The normalized spacial score (nSPS) is 12.6. The van der Waals surface area contributed by atoms with Crippen molar-refractivity contribution in [3.63, 3.8) is 0 Å². The van der Waals surface area contributed by atoms with E-state index < -0.39 is 6.10 Å². The highest BCUT2D eigenvalue weighted by atomic mass is 16.6. The van der Waals surface area contributed by atoms with Gasteiger partial charge in [0, 0.05) is 19.3 Å². The maximum atomic E-state index is 12.9. The molecule has 0 saturated carbocycles. The lowest BCUT2D eigenvalue weighted by Crippen LogP contribution is -2.30. The van der Waals surface area contributed by atoms with Gasteiger partial charge in [-0.3, -0.25) is 14.4 Å². The molecule has 0 aromatic carbocycles. The molecule has 0 N–H and O–H groups in total. The van der Waals surface area contributed by atoms with Crippen LogP contribution in [0.25, 0.3) is 0 Å². The van der Waals surface area contributed by atoms with Gasteiger partial charge < -0.3 is 14.2 Å². The van der Waals surface area contributed by atoms with Crippen LogP contribution in [-0.4, -0.2) is 37.2 Å². The second-order valence-corrected chi connectivity index (χ2v) is 19.6. The minimum absolute atomic E-state index is 0.0890.